The van der Waals surface area contributed by atoms with E-state index in [9.17, 15) is 13.2 Å². The fraction of sp³-hybridized carbons (Fsp3) is 0.182. The van der Waals surface area contributed by atoms with Gasteiger partial charge in [-0.2, -0.15) is 5.10 Å². The van der Waals surface area contributed by atoms with Gasteiger partial charge >= 0.3 is 5.91 Å². The molecule has 0 aliphatic carbocycles. The summed E-state index contributed by atoms with van der Waals surface area (Å²) in [6.07, 6.45) is 3.10. The van der Waals surface area contributed by atoms with Crippen molar-refractivity contribution in [3.8, 4) is 0 Å². The minimum atomic E-state index is -3.35. The maximum atomic E-state index is 13.0. The van der Waals surface area contributed by atoms with Gasteiger partial charge < -0.3 is 4.42 Å². The van der Waals surface area contributed by atoms with Crippen molar-refractivity contribution in [1.29, 1.82) is 0 Å². The van der Waals surface area contributed by atoms with Crippen LogP contribution < -0.4 is 4.72 Å². The summed E-state index contributed by atoms with van der Waals surface area (Å²) < 4.78 is 30.6. The van der Waals surface area contributed by atoms with Crippen LogP contribution in [0.4, 0.5) is 5.69 Å². The Labute approximate surface area is 175 Å². The minimum absolute atomic E-state index is 0.228. The van der Waals surface area contributed by atoms with E-state index in [-0.39, 0.29) is 17.7 Å². The number of hydrogen-bond acceptors (Lipinski definition) is 5. The molecule has 4 rings (SSSR count). The molecule has 1 amide bonds. The van der Waals surface area contributed by atoms with Crippen LogP contribution in [-0.4, -0.2) is 31.3 Å². The van der Waals surface area contributed by atoms with E-state index in [1.54, 1.807) is 36.4 Å². The highest BCUT2D eigenvalue weighted by atomic mass is 32.2. The molecule has 2 heterocycles. The zero-order valence-electron chi connectivity index (χ0n) is 16.6. The van der Waals surface area contributed by atoms with Crippen molar-refractivity contribution in [2.24, 2.45) is 5.10 Å². The highest BCUT2D eigenvalue weighted by Crippen LogP contribution is 2.35. The Hall–Kier alpha value is -3.39. The number of nitrogens with one attached hydrogen (secondary N) is 1. The fourth-order valence-electron chi connectivity index (χ4n) is 3.53. The Balaban J connectivity index is 1.68. The molecule has 2 aromatic carbocycles. The molecule has 0 radical (unpaired) electrons. The maximum absolute atomic E-state index is 13.0. The molecule has 0 fully saturated rings. The third kappa shape index (κ3) is 4.13. The van der Waals surface area contributed by atoms with Crippen molar-refractivity contribution < 1.29 is 17.6 Å². The summed E-state index contributed by atoms with van der Waals surface area (Å²) in [5.74, 6) is -0.0788. The van der Waals surface area contributed by atoms with Crippen LogP contribution in [0.3, 0.4) is 0 Å². The number of aryl methyl sites for hydroxylation is 1. The third-order valence-electron chi connectivity index (χ3n) is 4.92. The maximum Gasteiger partial charge on any atom is 0.310 e. The van der Waals surface area contributed by atoms with E-state index in [4.69, 9.17) is 4.42 Å². The largest absolute Gasteiger partial charge is 0.459 e. The van der Waals surface area contributed by atoms with Gasteiger partial charge in [-0.15, -0.1) is 0 Å². The molecule has 0 spiro atoms. The SMILES string of the molecule is Cc1ccccc1[C@@H]1CC(c2ccc(NS(C)(=O)=O)cc2)=NN1C(=O)c1ccco1. The molecule has 0 bridgehead atoms. The van der Waals surface area contributed by atoms with Gasteiger partial charge in [0.05, 0.1) is 24.3 Å². The van der Waals surface area contributed by atoms with Crippen molar-refractivity contribution in [3.63, 3.8) is 0 Å². The Morgan fingerprint density at radius 3 is 2.47 bits per heavy atom. The average molecular weight is 423 g/mol. The summed E-state index contributed by atoms with van der Waals surface area (Å²) >= 11 is 0. The topological polar surface area (TPSA) is 92.0 Å². The van der Waals surface area contributed by atoms with E-state index in [1.165, 1.54) is 11.3 Å². The Morgan fingerprint density at radius 2 is 1.83 bits per heavy atom. The van der Waals surface area contributed by atoms with Gasteiger partial charge in [0, 0.05) is 12.1 Å². The number of benzene rings is 2. The van der Waals surface area contributed by atoms with E-state index in [0.717, 1.165) is 28.7 Å². The Bertz CT molecular complexity index is 1200. The van der Waals surface area contributed by atoms with Crippen LogP contribution in [0.25, 0.3) is 0 Å². The Morgan fingerprint density at radius 1 is 1.10 bits per heavy atom. The molecule has 1 atom stereocenters. The predicted octanol–water partition coefficient (Wildman–Crippen LogP) is 3.95. The minimum Gasteiger partial charge on any atom is -0.459 e. The summed E-state index contributed by atoms with van der Waals surface area (Å²) in [5.41, 5.74) is 4.13. The quantitative estimate of drug-likeness (QED) is 0.673. The zero-order chi connectivity index (χ0) is 21.3. The van der Waals surface area contributed by atoms with Gasteiger partial charge in [-0.1, -0.05) is 36.4 Å². The number of rotatable bonds is 5. The van der Waals surface area contributed by atoms with Crippen molar-refractivity contribution in [2.75, 3.05) is 11.0 Å². The lowest BCUT2D eigenvalue weighted by Crippen LogP contribution is -2.27. The highest BCUT2D eigenvalue weighted by Gasteiger charge is 2.35. The first-order chi connectivity index (χ1) is 14.3. The summed E-state index contributed by atoms with van der Waals surface area (Å²) in [6.45, 7) is 2.01. The van der Waals surface area contributed by atoms with Crippen molar-refractivity contribution >= 4 is 27.3 Å². The van der Waals surface area contributed by atoms with Crippen LogP contribution in [0.15, 0.2) is 76.4 Å². The zero-order valence-corrected chi connectivity index (χ0v) is 17.4. The van der Waals surface area contributed by atoms with Crippen LogP contribution in [0.5, 0.6) is 0 Å². The number of furan rings is 1. The highest BCUT2D eigenvalue weighted by molar-refractivity contribution is 7.92. The lowest BCUT2D eigenvalue weighted by atomic mass is 9.95. The molecule has 8 heteroatoms. The molecular formula is C22H21N3O4S. The summed E-state index contributed by atoms with van der Waals surface area (Å²) in [6, 6.07) is 17.9. The van der Waals surface area contributed by atoms with Crippen LogP contribution in [-0.2, 0) is 10.0 Å². The van der Waals surface area contributed by atoms with Crippen LogP contribution >= 0.6 is 0 Å². The van der Waals surface area contributed by atoms with Gasteiger partial charge in [0.15, 0.2) is 5.76 Å². The second kappa shape index (κ2) is 7.79. The number of nitrogens with zero attached hydrogens (tertiary/aromatic N) is 2. The molecule has 7 nitrogen and oxygen atoms in total. The lowest BCUT2D eigenvalue weighted by Gasteiger charge is -2.22. The number of hydrazone groups is 1. The molecule has 1 aromatic heterocycles. The predicted molar refractivity (Wildman–Crippen MR) is 115 cm³/mol. The first-order valence-corrected chi connectivity index (χ1v) is 11.3. The normalized spacial score (nSPS) is 16.4. The first kappa shape index (κ1) is 19.9. The molecular weight excluding hydrogens is 402 g/mol. The van der Waals surface area contributed by atoms with Crippen LogP contribution in [0.2, 0.25) is 0 Å². The van der Waals surface area contributed by atoms with Gasteiger partial charge in [0.1, 0.15) is 0 Å². The summed E-state index contributed by atoms with van der Waals surface area (Å²) in [5, 5.41) is 6.09. The van der Waals surface area contributed by atoms with Gasteiger partial charge in [-0.05, 0) is 47.9 Å². The molecule has 0 unspecified atom stereocenters. The molecule has 1 N–H and O–H groups in total. The average Bonchev–Trinajstić information content (AvgIpc) is 3.38. The van der Waals surface area contributed by atoms with E-state index >= 15 is 0 Å². The monoisotopic (exact) mass is 423 g/mol. The van der Waals surface area contributed by atoms with E-state index < -0.39 is 10.0 Å². The van der Waals surface area contributed by atoms with Crippen LogP contribution in [0, 0.1) is 6.92 Å². The third-order valence-corrected chi connectivity index (χ3v) is 5.53. The number of amides is 1. The van der Waals surface area contributed by atoms with E-state index in [1.807, 2.05) is 31.2 Å². The number of carbonyl (C=O) groups excluding carboxylic acids is 1. The van der Waals surface area contributed by atoms with Crippen LogP contribution in [0.1, 0.15) is 39.7 Å². The van der Waals surface area contributed by atoms with Crippen molar-refractivity contribution in [1.82, 2.24) is 5.01 Å². The fourth-order valence-corrected chi connectivity index (χ4v) is 4.10. The van der Waals surface area contributed by atoms with E-state index in [2.05, 4.69) is 9.82 Å². The number of hydrogen-bond donors (Lipinski definition) is 1. The van der Waals surface area contributed by atoms with Gasteiger partial charge in [0.2, 0.25) is 10.0 Å². The van der Waals surface area contributed by atoms with Crippen molar-refractivity contribution in [3.05, 3.63) is 89.4 Å². The summed E-state index contributed by atoms with van der Waals surface area (Å²) in [7, 11) is -3.35. The molecule has 154 valence electrons. The van der Waals surface area contributed by atoms with E-state index in [0.29, 0.717) is 12.1 Å². The van der Waals surface area contributed by atoms with Gasteiger partial charge in [-0.25, -0.2) is 13.4 Å². The summed E-state index contributed by atoms with van der Waals surface area (Å²) in [4.78, 5) is 13.0. The second-order valence-electron chi connectivity index (χ2n) is 7.20. The van der Waals surface area contributed by atoms with Crippen molar-refractivity contribution in [2.45, 2.75) is 19.4 Å². The first-order valence-electron chi connectivity index (χ1n) is 9.40. The molecule has 30 heavy (non-hydrogen) atoms. The lowest BCUT2D eigenvalue weighted by molar-refractivity contribution is 0.0678. The number of anilines is 1. The molecule has 3 aromatic rings. The Kier molecular flexibility index (Phi) is 5.17. The van der Waals surface area contributed by atoms with Gasteiger partial charge in [-0.3, -0.25) is 9.52 Å². The molecule has 0 saturated heterocycles. The molecule has 1 aliphatic rings. The molecule has 0 saturated carbocycles. The second-order valence-corrected chi connectivity index (χ2v) is 8.95. The number of sulfonamides is 1. The number of carbonyl (C=O) groups is 1. The smallest absolute Gasteiger partial charge is 0.310 e. The standard InChI is InChI=1S/C22H21N3O4S/c1-15-6-3-4-7-18(15)20-14-19(23-25(20)22(26)21-8-5-13-29-21)16-9-11-17(12-10-16)24-30(2,27)28/h3-13,20,24H,14H2,1-2H3/t20-/m0/s1. The van der Waals surface area contributed by atoms with Gasteiger partial charge in [0.25, 0.3) is 0 Å². The molecule has 1 aliphatic heterocycles.